The van der Waals surface area contributed by atoms with Gasteiger partial charge in [-0.3, -0.25) is 19.7 Å². The predicted molar refractivity (Wildman–Crippen MR) is 86.8 cm³/mol. The average Bonchev–Trinajstić information content (AvgIpc) is 3.39. The minimum Gasteiger partial charge on any atom is -0.494 e. The van der Waals surface area contributed by atoms with Crippen LogP contribution >= 0.6 is 0 Å². The van der Waals surface area contributed by atoms with Crippen molar-refractivity contribution in [2.24, 2.45) is 35.5 Å². The number of nitrogens with zero attached hydrogens (tertiary/aromatic N) is 2. The number of ether oxygens (including phenoxy) is 1. The molecule has 7 heteroatoms. The highest BCUT2D eigenvalue weighted by atomic mass is 16.6. The van der Waals surface area contributed by atoms with Gasteiger partial charge in [0.2, 0.25) is 11.8 Å². The summed E-state index contributed by atoms with van der Waals surface area (Å²) in [5, 5.41) is 11.0. The Hall–Kier alpha value is -2.70. The summed E-state index contributed by atoms with van der Waals surface area (Å²) in [5.41, 5.74) is 0.158. The number of anilines is 1. The van der Waals surface area contributed by atoms with Crippen molar-refractivity contribution >= 4 is 23.2 Å². The molecule has 6 rings (SSSR count). The minimum atomic E-state index is -0.530. The Balaban J connectivity index is 1.57. The van der Waals surface area contributed by atoms with Crippen LogP contribution in [0.25, 0.3) is 0 Å². The van der Waals surface area contributed by atoms with E-state index in [4.69, 9.17) is 4.74 Å². The number of methoxy groups -OCH3 is 1. The van der Waals surface area contributed by atoms with Gasteiger partial charge in [0.05, 0.1) is 35.6 Å². The summed E-state index contributed by atoms with van der Waals surface area (Å²) >= 11 is 0. The number of nitro groups is 1. The molecule has 1 heterocycles. The van der Waals surface area contributed by atoms with E-state index in [0.29, 0.717) is 17.5 Å². The summed E-state index contributed by atoms with van der Waals surface area (Å²) < 4.78 is 5.23. The molecule has 0 unspecified atom stereocenters. The molecule has 3 fully saturated rings. The van der Waals surface area contributed by atoms with Gasteiger partial charge in [0, 0.05) is 6.07 Å². The second-order valence-electron chi connectivity index (χ2n) is 7.28. The number of benzene rings is 1. The highest BCUT2D eigenvalue weighted by molar-refractivity contribution is 6.23. The number of carbonyl (C=O) groups is 2. The molecule has 128 valence electrons. The lowest BCUT2D eigenvalue weighted by molar-refractivity contribution is -0.384. The summed E-state index contributed by atoms with van der Waals surface area (Å²) in [5.74, 6) is 0.519. The largest absolute Gasteiger partial charge is 0.494 e. The maximum Gasteiger partial charge on any atom is 0.273 e. The van der Waals surface area contributed by atoms with Crippen molar-refractivity contribution in [3.8, 4) is 5.75 Å². The van der Waals surface area contributed by atoms with Crippen LogP contribution in [-0.2, 0) is 9.59 Å². The maximum atomic E-state index is 13.1. The molecular formula is C18H16N2O5. The number of amides is 2. The van der Waals surface area contributed by atoms with Crippen molar-refractivity contribution in [3.63, 3.8) is 0 Å². The maximum absolute atomic E-state index is 13.1. The third-order valence-electron chi connectivity index (χ3n) is 6.28. The number of nitro benzene ring substituents is 1. The summed E-state index contributed by atoms with van der Waals surface area (Å²) in [7, 11) is 1.38. The molecule has 2 saturated carbocycles. The van der Waals surface area contributed by atoms with Crippen LogP contribution in [0.5, 0.6) is 5.75 Å². The van der Waals surface area contributed by atoms with E-state index in [9.17, 15) is 19.7 Å². The summed E-state index contributed by atoms with van der Waals surface area (Å²) in [4.78, 5) is 37.8. The van der Waals surface area contributed by atoms with Gasteiger partial charge < -0.3 is 4.74 Å². The molecule has 1 aliphatic heterocycles. The molecule has 2 bridgehead atoms. The van der Waals surface area contributed by atoms with Crippen LogP contribution in [0.2, 0.25) is 0 Å². The molecule has 7 nitrogen and oxygen atoms in total. The minimum absolute atomic E-state index is 0.139. The third-order valence-corrected chi connectivity index (χ3v) is 6.28. The molecule has 25 heavy (non-hydrogen) atoms. The van der Waals surface area contributed by atoms with Crippen LogP contribution in [-0.4, -0.2) is 23.8 Å². The Kier molecular flexibility index (Phi) is 2.74. The SMILES string of the molecule is COc1cc([N+](=O)[O-])ccc1N1C(=O)[C@@H]2[C@H]3C=C[C@@H]([C@@H]4C[C@@H]34)[C@H]2C1=O. The Bertz CT molecular complexity index is 827. The van der Waals surface area contributed by atoms with E-state index in [-0.39, 0.29) is 46.9 Å². The Morgan fingerprint density at radius 1 is 1.12 bits per heavy atom. The van der Waals surface area contributed by atoms with Crippen LogP contribution in [0.1, 0.15) is 6.42 Å². The van der Waals surface area contributed by atoms with Crippen LogP contribution < -0.4 is 9.64 Å². The normalized spacial score (nSPS) is 37.1. The zero-order valence-corrected chi connectivity index (χ0v) is 13.5. The topological polar surface area (TPSA) is 89.8 Å². The molecular weight excluding hydrogens is 324 g/mol. The lowest BCUT2D eigenvalue weighted by atomic mass is 9.63. The number of imide groups is 1. The molecule has 2 amide bonds. The fraction of sp³-hybridized carbons (Fsp3) is 0.444. The first-order chi connectivity index (χ1) is 12.0. The first-order valence-electron chi connectivity index (χ1n) is 8.41. The van der Waals surface area contributed by atoms with Gasteiger partial charge in [0.15, 0.2) is 0 Å². The molecule has 1 saturated heterocycles. The predicted octanol–water partition coefficient (Wildman–Crippen LogP) is 2.16. The molecule has 6 atom stereocenters. The van der Waals surface area contributed by atoms with E-state index in [2.05, 4.69) is 12.2 Å². The number of hydrogen-bond donors (Lipinski definition) is 0. The Morgan fingerprint density at radius 3 is 2.24 bits per heavy atom. The van der Waals surface area contributed by atoms with Crippen molar-refractivity contribution in [3.05, 3.63) is 40.5 Å². The van der Waals surface area contributed by atoms with Gasteiger partial charge in [0.25, 0.3) is 5.69 Å². The fourth-order valence-corrected chi connectivity index (χ4v) is 5.16. The second-order valence-corrected chi connectivity index (χ2v) is 7.28. The number of rotatable bonds is 3. The molecule has 0 radical (unpaired) electrons. The molecule has 1 aromatic rings. The van der Waals surface area contributed by atoms with Gasteiger partial charge >= 0.3 is 0 Å². The fourth-order valence-electron chi connectivity index (χ4n) is 5.16. The number of hydrogen-bond acceptors (Lipinski definition) is 5. The van der Waals surface area contributed by atoms with Gasteiger partial charge in [-0.25, -0.2) is 4.90 Å². The second kappa shape index (κ2) is 4.68. The molecule has 0 N–H and O–H groups in total. The lowest BCUT2D eigenvalue weighted by Gasteiger charge is -2.37. The zero-order valence-electron chi connectivity index (χ0n) is 13.5. The van der Waals surface area contributed by atoms with Crippen LogP contribution in [0.15, 0.2) is 30.4 Å². The average molecular weight is 340 g/mol. The molecule has 1 aromatic carbocycles. The van der Waals surface area contributed by atoms with Crippen molar-refractivity contribution in [1.29, 1.82) is 0 Å². The van der Waals surface area contributed by atoms with E-state index in [1.165, 1.54) is 30.2 Å². The van der Waals surface area contributed by atoms with Gasteiger partial charge in [-0.15, -0.1) is 0 Å². The molecule has 0 aromatic heterocycles. The summed E-state index contributed by atoms with van der Waals surface area (Å²) in [6.07, 6.45) is 5.33. The van der Waals surface area contributed by atoms with Crippen molar-refractivity contribution in [1.82, 2.24) is 0 Å². The van der Waals surface area contributed by atoms with Crippen molar-refractivity contribution < 1.29 is 19.2 Å². The highest BCUT2D eigenvalue weighted by Gasteiger charge is 2.67. The summed E-state index contributed by atoms with van der Waals surface area (Å²) in [6.45, 7) is 0. The Morgan fingerprint density at radius 2 is 1.72 bits per heavy atom. The standard InChI is InChI=1S/C18H16N2O5/c1-25-14-6-8(20(23)24)2-5-13(14)19-17(21)15-9-3-4-10(12-7-11(9)12)16(15)18(19)22/h2-6,9-12,15-16H,7H2,1H3/t9-,10-,11-,12-,15+,16+/m0/s1. The Labute approximate surface area is 143 Å². The van der Waals surface area contributed by atoms with Gasteiger partial charge in [-0.1, -0.05) is 12.2 Å². The highest BCUT2D eigenvalue weighted by Crippen LogP contribution is 2.65. The van der Waals surface area contributed by atoms with E-state index >= 15 is 0 Å². The number of non-ortho nitro benzene ring substituents is 1. The lowest BCUT2D eigenvalue weighted by Crippen LogP contribution is -2.40. The van der Waals surface area contributed by atoms with E-state index in [0.717, 1.165) is 6.42 Å². The number of allylic oxidation sites excluding steroid dienone is 2. The third kappa shape index (κ3) is 1.75. The van der Waals surface area contributed by atoms with Crippen LogP contribution in [0.4, 0.5) is 11.4 Å². The van der Waals surface area contributed by atoms with E-state index in [1.807, 2.05) is 0 Å². The van der Waals surface area contributed by atoms with E-state index < -0.39 is 4.92 Å². The van der Waals surface area contributed by atoms with Crippen molar-refractivity contribution in [2.75, 3.05) is 12.0 Å². The quantitative estimate of drug-likeness (QED) is 0.364. The van der Waals surface area contributed by atoms with Gasteiger partial charge in [-0.2, -0.15) is 0 Å². The van der Waals surface area contributed by atoms with Gasteiger partial charge in [-0.05, 0) is 36.2 Å². The molecule has 5 aliphatic rings. The zero-order chi connectivity index (χ0) is 17.5. The number of carbonyl (C=O) groups excluding carboxylic acids is 2. The van der Waals surface area contributed by atoms with Crippen molar-refractivity contribution in [2.45, 2.75) is 6.42 Å². The summed E-state index contributed by atoms with van der Waals surface area (Å²) in [6, 6.07) is 3.98. The van der Waals surface area contributed by atoms with E-state index in [1.54, 1.807) is 0 Å². The van der Waals surface area contributed by atoms with Crippen LogP contribution in [0, 0.1) is 45.6 Å². The smallest absolute Gasteiger partial charge is 0.273 e. The van der Waals surface area contributed by atoms with Crippen LogP contribution in [0.3, 0.4) is 0 Å². The monoisotopic (exact) mass is 340 g/mol. The first-order valence-corrected chi connectivity index (χ1v) is 8.41. The van der Waals surface area contributed by atoms with Gasteiger partial charge in [0.1, 0.15) is 5.75 Å². The molecule has 4 aliphatic carbocycles. The first kappa shape index (κ1) is 14.6. The molecule has 0 spiro atoms.